The van der Waals surface area contributed by atoms with E-state index in [0.29, 0.717) is 24.4 Å². The lowest BCUT2D eigenvalue weighted by molar-refractivity contribution is 0.0948. The molecule has 0 saturated heterocycles. The zero-order valence-corrected chi connectivity index (χ0v) is 18.4. The summed E-state index contributed by atoms with van der Waals surface area (Å²) in [6.07, 6.45) is 2.41. The Labute approximate surface area is 186 Å². The van der Waals surface area contributed by atoms with Gasteiger partial charge in [0.25, 0.3) is 11.8 Å². The van der Waals surface area contributed by atoms with E-state index in [0.717, 1.165) is 34.6 Å². The van der Waals surface area contributed by atoms with E-state index < -0.39 is 0 Å². The SMILES string of the molecule is CCOc1cc2c(cc1CNC(=O)c1ccc(C)c(NC(=O)c3ccco3)c1)OC(C)C2. The van der Waals surface area contributed by atoms with Crippen LogP contribution in [0.2, 0.25) is 0 Å². The van der Waals surface area contributed by atoms with E-state index >= 15 is 0 Å². The highest BCUT2D eigenvalue weighted by atomic mass is 16.5. The predicted octanol–water partition coefficient (Wildman–Crippen LogP) is 4.49. The molecule has 32 heavy (non-hydrogen) atoms. The van der Waals surface area contributed by atoms with Crippen LogP contribution < -0.4 is 20.1 Å². The van der Waals surface area contributed by atoms with Gasteiger partial charge in [-0.2, -0.15) is 0 Å². The van der Waals surface area contributed by atoms with E-state index in [9.17, 15) is 9.59 Å². The van der Waals surface area contributed by atoms with Crippen LogP contribution in [0.4, 0.5) is 5.69 Å². The Morgan fingerprint density at radius 2 is 2.00 bits per heavy atom. The van der Waals surface area contributed by atoms with Gasteiger partial charge in [0.2, 0.25) is 0 Å². The summed E-state index contributed by atoms with van der Waals surface area (Å²) < 4.78 is 16.8. The van der Waals surface area contributed by atoms with Crippen molar-refractivity contribution in [1.82, 2.24) is 5.32 Å². The van der Waals surface area contributed by atoms with Crippen LogP contribution in [-0.4, -0.2) is 24.5 Å². The first-order valence-electron chi connectivity index (χ1n) is 10.6. The number of nitrogens with one attached hydrogen (secondary N) is 2. The number of fused-ring (bicyclic) bond motifs is 1. The highest BCUT2D eigenvalue weighted by Gasteiger charge is 2.22. The van der Waals surface area contributed by atoms with Gasteiger partial charge in [-0.05, 0) is 62.7 Å². The molecule has 2 amide bonds. The van der Waals surface area contributed by atoms with Gasteiger partial charge in [-0.15, -0.1) is 0 Å². The van der Waals surface area contributed by atoms with Crippen LogP contribution in [0.15, 0.2) is 53.1 Å². The molecule has 1 aliphatic rings. The fourth-order valence-electron chi connectivity index (χ4n) is 3.68. The van der Waals surface area contributed by atoms with Crippen LogP contribution in [0.5, 0.6) is 11.5 Å². The third-order valence-corrected chi connectivity index (χ3v) is 5.31. The monoisotopic (exact) mass is 434 g/mol. The third kappa shape index (κ3) is 4.61. The third-order valence-electron chi connectivity index (χ3n) is 5.31. The lowest BCUT2D eigenvalue weighted by Gasteiger charge is -2.14. The van der Waals surface area contributed by atoms with Crippen molar-refractivity contribution in [3.63, 3.8) is 0 Å². The molecule has 0 bridgehead atoms. The second-order valence-electron chi connectivity index (χ2n) is 7.78. The first-order valence-corrected chi connectivity index (χ1v) is 10.6. The summed E-state index contributed by atoms with van der Waals surface area (Å²) in [5.41, 5.74) is 3.80. The molecule has 1 atom stereocenters. The molecule has 7 heteroatoms. The van der Waals surface area contributed by atoms with E-state index in [2.05, 4.69) is 10.6 Å². The summed E-state index contributed by atoms with van der Waals surface area (Å²) in [4.78, 5) is 25.1. The average molecular weight is 434 g/mol. The number of furan rings is 1. The number of aryl methyl sites for hydroxylation is 1. The smallest absolute Gasteiger partial charge is 0.291 e. The van der Waals surface area contributed by atoms with E-state index in [1.165, 1.54) is 6.26 Å². The number of rotatable bonds is 7. The average Bonchev–Trinajstić information content (AvgIpc) is 3.42. The summed E-state index contributed by atoms with van der Waals surface area (Å²) in [6, 6.07) is 12.3. The van der Waals surface area contributed by atoms with E-state index in [4.69, 9.17) is 13.9 Å². The van der Waals surface area contributed by atoms with Crippen molar-refractivity contribution in [3.8, 4) is 11.5 Å². The van der Waals surface area contributed by atoms with Crippen molar-refractivity contribution >= 4 is 17.5 Å². The Kier molecular flexibility index (Phi) is 6.16. The van der Waals surface area contributed by atoms with Crippen molar-refractivity contribution in [2.45, 2.75) is 39.8 Å². The van der Waals surface area contributed by atoms with E-state index in [1.54, 1.807) is 30.3 Å². The molecule has 0 radical (unpaired) electrons. The quantitative estimate of drug-likeness (QED) is 0.572. The summed E-state index contributed by atoms with van der Waals surface area (Å²) in [6.45, 7) is 6.65. The molecule has 7 nitrogen and oxygen atoms in total. The van der Waals surface area contributed by atoms with Crippen molar-refractivity contribution in [1.29, 1.82) is 0 Å². The number of hydrogen-bond acceptors (Lipinski definition) is 5. The number of ether oxygens (including phenoxy) is 2. The van der Waals surface area contributed by atoms with Gasteiger partial charge in [-0.25, -0.2) is 0 Å². The maximum atomic E-state index is 12.8. The molecule has 0 aliphatic carbocycles. The first kappa shape index (κ1) is 21.5. The fraction of sp³-hybridized carbons (Fsp3) is 0.280. The molecule has 2 N–H and O–H groups in total. The predicted molar refractivity (Wildman–Crippen MR) is 120 cm³/mol. The van der Waals surface area contributed by atoms with Gasteiger partial charge in [0.15, 0.2) is 5.76 Å². The Balaban J connectivity index is 1.48. The van der Waals surface area contributed by atoms with Gasteiger partial charge in [-0.1, -0.05) is 6.07 Å². The molecular weight excluding hydrogens is 408 g/mol. The second kappa shape index (κ2) is 9.18. The van der Waals surface area contributed by atoms with Gasteiger partial charge >= 0.3 is 0 Å². The van der Waals surface area contributed by atoms with Gasteiger partial charge < -0.3 is 24.5 Å². The minimum atomic E-state index is -0.371. The fourth-order valence-corrected chi connectivity index (χ4v) is 3.68. The topological polar surface area (TPSA) is 89.8 Å². The Hall–Kier alpha value is -3.74. The van der Waals surface area contributed by atoms with Crippen LogP contribution in [0.3, 0.4) is 0 Å². The summed E-state index contributed by atoms with van der Waals surface area (Å²) in [7, 11) is 0. The Morgan fingerprint density at radius 3 is 2.75 bits per heavy atom. The largest absolute Gasteiger partial charge is 0.494 e. The van der Waals surface area contributed by atoms with Gasteiger partial charge in [0.05, 0.1) is 12.9 Å². The molecule has 2 aromatic carbocycles. The number of anilines is 1. The minimum absolute atomic E-state index is 0.131. The molecule has 3 aromatic rings. The summed E-state index contributed by atoms with van der Waals surface area (Å²) in [5.74, 6) is 1.17. The van der Waals surface area contributed by atoms with Gasteiger partial charge in [0, 0.05) is 35.3 Å². The van der Waals surface area contributed by atoms with E-state index in [-0.39, 0.29) is 23.7 Å². The maximum absolute atomic E-state index is 12.8. The minimum Gasteiger partial charge on any atom is -0.494 e. The molecule has 4 rings (SSSR count). The standard InChI is InChI=1S/C25H26N2O5/c1-4-30-22-12-18-10-16(3)32-23(18)13-19(22)14-26-24(28)17-8-7-15(2)20(11-17)27-25(29)21-6-5-9-31-21/h5-9,11-13,16H,4,10,14H2,1-3H3,(H,26,28)(H,27,29). The van der Waals surface area contributed by atoms with Crippen LogP contribution in [0, 0.1) is 6.92 Å². The lowest BCUT2D eigenvalue weighted by atomic mass is 10.1. The molecule has 0 spiro atoms. The molecule has 166 valence electrons. The van der Waals surface area contributed by atoms with Crippen molar-refractivity contribution < 1.29 is 23.5 Å². The van der Waals surface area contributed by atoms with Crippen LogP contribution in [0.25, 0.3) is 0 Å². The second-order valence-corrected chi connectivity index (χ2v) is 7.78. The van der Waals surface area contributed by atoms with Gasteiger partial charge in [-0.3, -0.25) is 9.59 Å². The number of amides is 2. The molecule has 2 heterocycles. The molecule has 1 aromatic heterocycles. The Bertz CT molecular complexity index is 1140. The zero-order valence-electron chi connectivity index (χ0n) is 18.4. The molecule has 1 unspecified atom stereocenters. The molecule has 0 saturated carbocycles. The van der Waals surface area contributed by atoms with Crippen LogP contribution >= 0.6 is 0 Å². The number of carbonyl (C=O) groups excluding carboxylic acids is 2. The Morgan fingerprint density at radius 1 is 1.16 bits per heavy atom. The highest BCUT2D eigenvalue weighted by Crippen LogP contribution is 2.35. The molecule has 1 aliphatic heterocycles. The summed E-state index contributed by atoms with van der Waals surface area (Å²) >= 11 is 0. The first-order chi connectivity index (χ1) is 15.4. The molecular formula is C25H26N2O5. The van der Waals surface area contributed by atoms with E-state index in [1.807, 2.05) is 32.9 Å². The van der Waals surface area contributed by atoms with Gasteiger partial charge in [0.1, 0.15) is 17.6 Å². The van der Waals surface area contributed by atoms with Crippen LogP contribution in [0.1, 0.15) is 51.5 Å². The summed E-state index contributed by atoms with van der Waals surface area (Å²) in [5, 5.41) is 5.73. The number of hydrogen-bond donors (Lipinski definition) is 2. The van der Waals surface area contributed by atoms with Crippen LogP contribution in [-0.2, 0) is 13.0 Å². The lowest BCUT2D eigenvalue weighted by Crippen LogP contribution is -2.23. The normalized spacial score (nSPS) is 14.4. The zero-order chi connectivity index (χ0) is 22.7. The number of benzene rings is 2. The highest BCUT2D eigenvalue weighted by molar-refractivity contribution is 6.03. The van der Waals surface area contributed by atoms with Crippen molar-refractivity contribution in [2.75, 3.05) is 11.9 Å². The van der Waals surface area contributed by atoms with Crippen molar-refractivity contribution in [3.05, 3.63) is 76.7 Å². The maximum Gasteiger partial charge on any atom is 0.291 e. The molecule has 0 fully saturated rings. The number of carbonyl (C=O) groups is 2. The van der Waals surface area contributed by atoms with Crippen molar-refractivity contribution in [2.24, 2.45) is 0 Å².